The maximum absolute atomic E-state index is 8.78. The molecule has 1 nitrogen and oxygen atoms in total. The van der Waals surface area contributed by atoms with Gasteiger partial charge in [-0.25, -0.2) is 0 Å². The second kappa shape index (κ2) is 24.0. The van der Waals surface area contributed by atoms with Gasteiger partial charge in [0.1, 0.15) is 0 Å². The lowest BCUT2D eigenvalue weighted by Crippen LogP contribution is -1.95. The van der Waals surface area contributed by atoms with Gasteiger partial charge in [0.15, 0.2) is 0 Å². The van der Waals surface area contributed by atoms with Crippen LogP contribution in [0, 0.1) is 5.92 Å². The number of rotatable bonds is 23. The van der Waals surface area contributed by atoms with E-state index in [-0.39, 0.29) is 0 Å². The first-order valence-electron chi connectivity index (χ1n) is 12.9. The molecule has 0 aliphatic carbocycles. The van der Waals surface area contributed by atoms with Crippen LogP contribution in [0.2, 0.25) is 0 Å². The van der Waals surface area contributed by atoms with E-state index in [0.29, 0.717) is 6.61 Å². The first kappa shape index (κ1) is 27.0. The minimum Gasteiger partial charge on any atom is -0.396 e. The maximum Gasteiger partial charge on any atom is 0.0431 e. The summed E-state index contributed by atoms with van der Waals surface area (Å²) in [6, 6.07) is 0. The molecule has 0 aliphatic rings. The Morgan fingerprint density at radius 2 is 0.741 bits per heavy atom. The van der Waals surface area contributed by atoms with Gasteiger partial charge in [-0.3, -0.25) is 0 Å². The zero-order valence-electron chi connectivity index (χ0n) is 19.3. The van der Waals surface area contributed by atoms with Crippen LogP contribution in [0.25, 0.3) is 0 Å². The van der Waals surface area contributed by atoms with Crippen LogP contribution in [0.3, 0.4) is 0 Å². The molecular weight excluding hydrogens is 328 g/mol. The molecule has 0 bridgehead atoms. The Morgan fingerprint density at radius 1 is 0.444 bits per heavy atom. The third-order valence-corrected chi connectivity index (χ3v) is 6.16. The summed E-state index contributed by atoms with van der Waals surface area (Å²) in [6.07, 6.45) is 31.0. The van der Waals surface area contributed by atoms with E-state index in [1.807, 2.05) is 0 Å². The Hall–Kier alpha value is -0.0400. The molecule has 0 aliphatic heterocycles. The van der Waals surface area contributed by atoms with Gasteiger partial charge in [-0.1, -0.05) is 149 Å². The highest BCUT2D eigenvalue weighted by atomic mass is 16.2. The lowest BCUT2D eigenvalue weighted by molar-refractivity contribution is 0.281. The molecule has 0 amide bonds. The summed E-state index contributed by atoms with van der Waals surface area (Å²) >= 11 is 0. The van der Waals surface area contributed by atoms with Crippen LogP contribution in [0.15, 0.2) is 0 Å². The Kier molecular flexibility index (Phi) is 24.0. The zero-order chi connectivity index (χ0) is 19.8. The summed E-state index contributed by atoms with van der Waals surface area (Å²) in [5.74, 6) is 0.908. The third kappa shape index (κ3) is 23.9. The van der Waals surface area contributed by atoms with Gasteiger partial charge in [-0.2, -0.15) is 0 Å². The summed E-state index contributed by atoms with van der Waals surface area (Å²) in [5, 5.41) is 8.78. The predicted molar refractivity (Wildman–Crippen MR) is 123 cm³/mol. The molecule has 0 radical (unpaired) electrons. The smallest absolute Gasteiger partial charge is 0.0431 e. The monoisotopic (exact) mass is 382 g/mol. The van der Waals surface area contributed by atoms with E-state index in [0.717, 1.165) is 12.3 Å². The zero-order valence-corrected chi connectivity index (χ0v) is 19.3. The Bertz CT molecular complexity index is 251. The molecule has 0 aromatic heterocycles. The second-order valence-corrected chi connectivity index (χ2v) is 9.12. The molecule has 0 saturated carbocycles. The van der Waals surface area contributed by atoms with Crippen molar-refractivity contribution < 1.29 is 5.11 Å². The number of hydrogen-bond acceptors (Lipinski definition) is 1. The van der Waals surface area contributed by atoms with Gasteiger partial charge in [-0.15, -0.1) is 0 Å². The molecule has 0 fully saturated rings. The van der Waals surface area contributed by atoms with Crippen LogP contribution in [0.4, 0.5) is 0 Å². The molecule has 0 spiro atoms. The third-order valence-electron chi connectivity index (χ3n) is 6.16. The molecule has 0 rings (SSSR count). The summed E-state index contributed by atoms with van der Waals surface area (Å²) < 4.78 is 0. The van der Waals surface area contributed by atoms with E-state index in [1.165, 1.54) is 135 Å². The van der Waals surface area contributed by atoms with Gasteiger partial charge in [-0.05, 0) is 12.3 Å². The van der Waals surface area contributed by atoms with Gasteiger partial charge in [0.2, 0.25) is 0 Å². The summed E-state index contributed by atoms with van der Waals surface area (Å²) in [5.41, 5.74) is 0. The van der Waals surface area contributed by atoms with Gasteiger partial charge in [0.05, 0.1) is 0 Å². The van der Waals surface area contributed by atoms with Crippen molar-refractivity contribution in [2.45, 2.75) is 155 Å². The van der Waals surface area contributed by atoms with Crippen LogP contribution in [0.1, 0.15) is 155 Å². The fraction of sp³-hybridized carbons (Fsp3) is 1.00. The van der Waals surface area contributed by atoms with Crippen LogP contribution in [-0.2, 0) is 0 Å². The van der Waals surface area contributed by atoms with Crippen molar-refractivity contribution in [3.8, 4) is 0 Å². The normalized spacial score (nSPS) is 12.6. The van der Waals surface area contributed by atoms with Crippen LogP contribution in [0.5, 0.6) is 0 Å². The first-order valence-corrected chi connectivity index (χ1v) is 12.9. The summed E-state index contributed by atoms with van der Waals surface area (Å²) in [6.45, 7) is 5.10. The van der Waals surface area contributed by atoms with Gasteiger partial charge >= 0.3 is 0 Å². The standard InChI is InChI=1S/C26H54O/c1-3-4-5-6-7-8-9-10-11-12-13-14-15-16-17-20-23-26(2)24-21-18-19-22-25-27/h26-27H,3-25H2,1-2H3. The molecule has 1 heteroatoms. The average Bonchev–Trinajstić information content (AvgIpc) is 2.67. The summed E-state index contributed by atoms with van der Waals surface area (Å²) in [7, 11) is 0. The van der Waals surface area contributed by atoms with Crippen molar-refractivity contribution in [2.24, 2.45) is 5.92 Å². The molecular formula is C26H54O. The Morgan fingerprint density at radius 3 is 1.07 bits per heavy atom. The second-order valence-electron chi connectivity index (χ2n) is 9.12. The average molecular weight is 383 g/mol. The topological polar surface area (TPSA) is 20.2 Å². The number of unbranched alkanes of at least 4 members (excludes halogenated alkanes) is 18. The quantitative estimate of drug-likeness (QED) is 0.175. The van der Waals surface area contributed by atoms with Crippen LogP contribution in [-0.4, -0.2) is 11.7 Å². The number of aliphatic hydroxyl groups is 1. The minimum absolute atomic E-state index is 0.370. The van der Waals surface area contributed by atoms with Crippen LogP contribution < -0.4 is 0 Å². The molecule has 27 heavy (non-hydrogen) atoms. The first-order chi connectivity index (χ1) is 13.3. The highest BCUT2D eigenvalue weighted by molar-refractivity contribution is 4.56. The lowest BCUT2D eigenvalue weighted by Gasteiger charge is -2.11. The molecule has 1 unspecified atom stereocenters. The highest BCUT2D eigenvalue weighted by Crippen LogP contribution is 2.18. The number of aliphatic hydroxyl groups excluding tert-OH is 1. The molecule has 0 heterocycles. The summed E-state index contributed by atoms with van der Waals surface area (Å²) in [4.78, 5) is 0. The molecule has 1 atom stereocenters. The Balaban J connectivity index is 3.08. The predicted octanol–water partition coefficient (Wildman–Crippen LogP) is 9.22. The van der Waals surface area contributed by atoms with Gasteiger partial charge in [0.25, 0.3) is 0 Å². The maximum atomic E-state index is 8.78. The fourth-order valence-electron chi connectivity index (χ4n) is 4.14. The molecule has 0 aromatic carbocycles. The van der Waals surface area contributed by atoms with Crippen molar-refractivity contribution >= 4 is 0 Å². The highest BCUT2D eigenvalue weighted by Gasteiger charge is 2.02. The van der Waals surface area contributed by atoms with Crippen molar-refractivity contribution in [1.29, 1.82) is 0 Å². The van der Waals surface area contributed by atoms with E-state index in [1.54, 1.807) is 0 Å². The molecule has 164 valence electrons. The van der Waals surface area contributed by atoms with E-state index >= 15 is 0 Å². The van der Waals surface area contributed by atoms with Gasteiger partial charge in [0, 0.05) is 6.61 Å². The van der Waals surface area contributed by atoms with E-state index < -0.39 is 0 Å². The SMILES string of the molecule is CCCCCCCCCCCCCCCCCCC(C)CCCCCCO. The van der Waals surface area contributed by atoms with E-state index in [9.17, 15) is 0 Å². The van der Waals surface area contributed by atoms with Crippen molar-refractivity contribution in [2.75, 3.05) is 6.61 Å². The molecule has 0 aromatic rings. The molecule has 0 saturated heterocycles. The van der Waals surface area contributed by atoms with E-state index in [2.05, 4.69) is 13.8 Å². The van der Waals surface area contributed by atoms with Crippen molar-refractivity contribution in [3.63, 3.8) is 0 Å². The number of hydrogen-bond donors (Lipinski definition) is 1. The van der Waals surface area contributed by atoms with Crippen molar-refractivity contribution in [3.05, 3.63) is 0 Å². The van der Waals surface area contributed by atoms with E-state index in [4.69, 9.17) is 5.11 Å². The Labute approximate surface area is 173 Å². The lowest BCUT2D eigenvalue weighted by atomic mass is 9.96. The van der Waals surface area contributed by atoms with Crippen molar-refractivity contribution in [1.82, 2.24) is 0 Å². The van der Waals surface area contributed by atoms with Gasteiger partial charge < -0.3 is 5.11 Å². The largest absolute Gasteiger partial charge is 0.396 e. The fourth-order valence-corrected chi connectivity index (χ4v) is 4.14. The minimum atomic E-state index is 0.370. The molecule has 1 N–H and O–H groups in total. The van der Waals surface area contributed by atoms with Crippen LogP contribution >= 0.6 is 0 Å².